The van der Waals surface area contributed by atoms with Gasteiger partial charge < -0.3 is 10.5 Å². The summed E-state index contributed by atoms with van der Waals surface area (Å²) in [6, 6.07) is 5.91. The predicted octanol–water partition coefficient (Wildman–Crippen LogP) is 2.48. The van der Waals surface area contributed by atoms with Crippen molar-refractivity contribution in [3.63, 3.8) is 0 Å². The van der Waals surface area contributed by atoms with Crippen molar-refractivity contribution < 1.29 is 9.53 Å². The van der Waals surface area contributed by atoms with Crippen LogP contribution in [-0.4, -0.2) is 18.8 Å². The fourth-order valence-electron chi connectivity index (χ4n) is 1.26. The Kier molecular flexibility index (Phi) is 4.68. The number of carbonyl (C=O) groups excluding carboxylic acids is 1. The van der Waals surface area contributed by atoms with E-state index in [-0.39, 0.29) is 11.9 Å². The average Bonchev–Trinajstić information content (AvgIpc) is 2.29. The van der Waals surface area contributed by atoms with Crippen LogP contribution < -0.4 is 5.73 Å². The second kappa shape index (κ2) is 5.80. The molecule has 1 aromatic rings. The van der Waals surface area contributed by atoms with Crippen LogP contribution in [0.1, 0.15) is 12.5 Å². The molecule has 0 saturated heterocycles. The molecule has 0 aliphatic carbocycles. The Morgan fingerprint density at radius 1 is 1.56 bits per heavy atom. The van der Waals surface area contributed by atoms with Gasteiger partial charge in [0.1, 0.15) is 0 Å². The van der Waals surface area contributed by atoms with Crippen molar-refractivity contribution in [2.75, 3.05) is 18.6 Å². The molecule has 0 spiro atoms. The van der Waals surface area contributed by atoms with Gasteiger partial charge in [-0.1, -0.05) is 19.1 Å². The summed E-state index contributed by atoms with van der Waals surface area (Å²) in [5, 5.41) is 0. The van der Waals surface area contributed by atoms with E-state index in [0.29, 0.717) is 5.75 Å². The van der Waals surface area contributed by atoms with E-state index in [1.54, 1.807) is 11.8 Å². The Morgan fingerprint density at radius 2 is 2.25 bits per heavy atom. The van der Waals surface area contributed by atoms with Crippen LogP contribution in [0.5, 0.6) is 0 Å². The lowest BCUT2D eigenvalue weighted by atomic mass is 10.2. The number of aryl methyl sites for hydroxylation is 1. The maximum Gasteiger partial charge on any atom is 0.309 e. The zero-order chi connectivity index (χ0) is 12.1. The standard InChI is InChI=1S/C12H17NO2S/c1-8-5-4-6-10(11(8)13)16-7-9(2)12(14)15-3/h4-6,9H,7,13H2,1-3H3. The highest BCUT2D eigenvalue weighted by Gasteiger charge is 2.14. The molecule has 1 aromatic carbocycles. The molecule has 16 heavy (non-hydrogen) atoms. The molecule has 0 bridgehead atoms. The average molecular weight is 239 g/mol. The normalized spacial score (nSPS) is 12.2. The van der Waals surface area contributed by atoms with Gasteiger partial charge in [-0.05, 0) is 18.6 Å². The van der Waals surface area contributed by atoms with E-state index in [1.807, 2.05) is 32.0 Å². The first-order valence-corrected chi connectivity index (χ1v) is 6.10. The van der Waals surface area contributed by atoms with Crippen LogP contribution in [0, 0.1) is 12.8 Å². The molecule has 0 saturated carbocycles. The quantitative estimate of drug-likeness (QED) is 0.498. The van der Waals surface area contributed by atoms with Gasteiger partial charge in [0.05, 0.1) is 13.0 Å². The Bertz CT molecular complexity index is 379. The Balaban J connectivity index is 2.61. The molecule has 0 aromatic heterocycles. The fourth-order valence-corrected chi connectivity index (χ4v) is 2.32. The van der Waals surface area contributed by atoms with Crippen LogP contribution in [0.3, 0.4) is 0 Å². The van der Waals surface area contributed by atoms with E-state index in [9.17, 15) is 4.79 Å². The molecule has 0 amide bonds. The lowest BCUT2D eigenvalue weighted by Gasteiger charge is -2.11. The summed E-state index contributed by atoms with van der Waals surface area (Å²) in [5.74, 6) is 0.383. The summed E-state index contributed by atoms with van der Waals surface area (Å²) in [5.41, 5.74) is 7.80. The first-order valence-electron chi connectivity index (χ1n) is 5.12. The number of hydrogen-bond acceptors (Lipinski definition) is 4. The topological polar surface area (TPSA) is 52.3 Å². The summed E-state index contributed by atoms with van der Waals surface area (Å²) < 4.78 is 4.67. The van der Waals surface area contributed by atoms with Crippen LogP contribution in [-0.2, 0) is 9.53 Å². The molecular weight excluding hydrogens is 222 g/mol. The number of esters is 1. The minimum Gasteiger partial charge on any atom is -0.469 e. The monoisotopic (exact) mass is 239 g/mol. The summed E-state index contributed by atoms with van der Waals surface area (Å²) in [6.45, 7) is 3.83. The number of ether oxygens (including phenoxy) is 1. The molecule has 2 N–H and O–H groups in total. The van der Waals surface area contributed by atoms with E-state index in [4.69, 9.17) is 5.73 Å². The second-order valence-electron chi connectivity index (χ2n) is 3.72. The van der Waals surface area contributed by atoms with Crippen LogP contribution in [0.15, 0.2) is 23.1 Å². The number of para-hydroxylation sites is 1. The highest BCUT2D eigenvalue weighted by molar-refractivity contribution is 7.99. The first-order chi connectivity index (χ1) is 7.56. The Hall–Kier alpha value is -1.16. The molecule has 1 rings (SSSR count). The largest absolute Gasteiger partial charge is 0.469 e. The summed E-state index contributed by atoms with van der Waals surface area (Å²) in [6.07, 6.45) is 0. The van der Waals surface area contributed by atoms with Crippen LogP contribution in [0.25, 0.3) is 0 Å². The molecule has 3 nitrogen and oxygen atoms in total. The zero-order valence-electron chi connectivity index (χ0n) is 9.82. The predicted molar refractivity (Wildman–Crippen MR) is 67.5 cm³/mol. The molecule has 0 fully saturated rings. The van der Waals surface area contributed by atoms with Crippen molar-refractivity contribution in [3.8, 4) is 0 Å². The van der Waals surface area contributed by atoms with Crippen molar-refractivity contribution in [1.82, 2.24) is 0 Å². The zero-order valence-corrected chi connectivity index (χ0v) is 10.6. The van der Waals surface area contributed by atoms with Crippen molar-refractivity contribution in [3.05, 3.63) is 23.8 Å². The Morgan fingerprint density at radius 3 is 2.88 bits per heavy atom. The van der Waals surface area contributed by atoms with E-state index < -0.39 is 0 Å². The lowest BCUT2D eigenvalue weighted by molar-refractivity contribution is -0.143. The highest BCUT2D eigenvalue weighted by Crippen LogP contribution is 2.28. The molecule has 1 atom stereocenters. The fraction of sp³-hybridized carbons (Fsp3) is 0.417. The molecule has 0 aliphatic heterocycles. The maximum atomic E-state index is 11.2. The number of rotatable bonds is 4. The maximum absolute atomic E-state index is 11.2. The van der Waals surface area contributed by atoms with Gasteiger partial charge in [-0.25, -0.2) is 0 Å². The summed E-state index contributed by atoms with van der Waals surface area (Å²) >= 11 is 1.59. The summed E-state index contributed by atoms with van der Waals surface area (Å²) in [4.78, 5) is 12.2. The van der Waals surface area contributed by atoms with E-state index in [1.165, 1.54) is 7.11 Å². The van der Waals surface area contributed by atoms with Gasteiger partial charge in [-0.3, -0.25) is 4.79 Å². The number of nitrogens with two attached hydrogens (primary N) is 1. The number of hydrogen-bond donors (Lipinski definition) is 1. The van der Waals surface area contributed by atoms with Gasteiger partial charge in [0.25, 0.3) is 0 Å². The first kappa shape index (κ1) is 12.9. The second-order valence-corrected chi connectivity index (χ2v) is 4.78. The number of methoxy groups -OCH3 is 1. The molecule has 88 valence electrons. The van der Waals surface area contributed by atoms with Crippen molar-refractivity contribution in [2.24, 2.45) is 5.92 Å². The van der Waals surface area contributed by atoms with Crippen LogP contribution >= 0.6 is 11.8 Å². The van der Waals surface area contributed by atoms with Gasteiger partial charge in [0, 0.05) is 16.3 Å². The van der Waals surface area contributed by atoms with Crippen LogP contribution in [0.2, 0.25) is 0 Å². The summed E-state index contributed by atoms with van der Waals surface area (Å²) in [7, 11) is 1.41. The van der Waals surface area contributed by atoms with Crippen molar-refractivity contribution in [1.29, 1.82) is 0 Å². The number of nitrogen functional groups attached to an aromatic ring is 1. The van der Waals surface area contributed by atoms with Crippen molar-refractivity contribution in [2.45, 2.75) is 18.7 Å². The molecule has 0 heterocycles. The molecule has 0 aliphatic rings. The van der Waals surface area contributed by atoms with Crippen LogP contribution in [0.4, 0.5) is 5.69 Å². The number of anilines is 1. The van der Waals surface area contributed by atoms with E-state index >= 15 is 0 Å². The van der Waals surface area contributed by atoms with Gasteiger partial charge in [-0.15, -0.1) is 11.8 Å². The Labute approximate surface area is 100 Å². The van der Waals surface area contributed by atoms with Gasteiger partial charge >= 0.3 is 5.97 Å². The number of thioether (sulfide) groups is 1. The minimum absolute atomic E-state index is 0.116. The number of benzene rings is 1. The molecule has 0 radical (unpaired) electrons. The third-order valence-corrected chi connectivity index (χ3v) is 3.71. The van der Waals surface area contributed by atoms with E-state index in [2.05, 4.69) is 4.74 Å². The third-order valence-electron chi connectivity index (χ3n) is 2.38. The smallest absolute Gasteiger partial charge is 0.309 e. The lowest BCUT2D eigenvalue weighted by Crippen LogP contribution is -2.14. The molecule has 1 unspecified atom stereocenters. The SMILES string of the molecule is COC(=O)C(C)CSc1cccc(C)c1N. The number of carbonyl (C=O) groups is 1. The van der Waals surface area contributed by atoms with Gasteiger partial charge in [0.2, 0.25) is 0 Å². The highest BCUT2D eigenvalue weighted by atomic mass is 32.2. The minimum atomic E-state index is -0.182. The van der Waals surface area contributed by atoms with Gasteiger partial charge in [0.15, 0.2) is 0 Å². The van der Waals surface area contributed by atoms with Gasteiger partial charge in [-0.2, -0.15) is 0 Å². The molecular formula is C12H17NO2S. The van der Waals surface area contributed by atoms with Crippen molar-refractivity contribution >= 4 is 23.4 Å². The van der Waals surface area contributed by atoms with E-state index in [0.717, 1.165) is 16.1 Å². The third kappa shape index (κ3) is 3.17. The molecule has 4 heteroatoms.